The Balaban J connectivity index is 1.84. The Morgan fingerprint density at radius 2 is 1.75 bits per heavy atom. The third-order valence-electron chi connectivity index (χ3n) is 5.96. The van der Waals surface area contributed by atoms with E-state index in [1.54, 1.807) is 21.0 Å². The van der Waals surface area contributed by atoms with E-state index in [-0.39, 0.29) is 12.1 Å². The average Bonchev–Trinajstić information content (AvgIpc) is 3.27. The third kappa shape index (κ3) is 5.96. The third-order valence-corrected chi connectivity index (χ3v) is 5.96. The SMILES string of the molecule is CCOC(=O)C(C)(Cc1ccc(OC)c(OC2CCCC2)c1)Oc1ccc(C(C)C)cc1. The van der Waals surface area contributed by atoms with Crippen LogP contribution in [0.15, 0.2) is 42.5 Å². The van der Waals surface area contributed by atoms with E-state index in [1.165, 1.54) is 18.4 Å². The van der Waals surface area contributed by atoms with E-state index < -0.39 is 5.60 Å². The maximum absolute atomic E-state index is 12.9. The summed E-state index contributed by atoms with van der Waals surface area (Å²) in [6, 6.07) is 13.7. The van der Waals surface area contributed by atoms with E-state index in [0.717, 1.165) is 18.4 Å². The van der Waals surface area contributed by atoms with Crippen LogP contribution in [0, 0.1) is 0 Å². The van der Waals surface area contributed by atoms with Gasteiger partial charge in [-0.25, -0.2) is 4.79 Å². The summed E-state index contributed by atoms with van der Waals surface area (Å²) in [7, 11) is 1.64. The van der Waals surface area contributed by atoms with Crippen molar-refractivity contribution in [2.45, 2.75) is 77.4 Å². The summed E-state index contributed by atoms with van der Waals surface area (Å²) in [5, 5.41) is 0. The molecule has 1 atom stereocenters. The zero-order valence-electron chi connectivity index (χ0n) is 20.0. The minimum absolute atomic E-state index is 0.214. The molecule has 0 radical (unpaired) electrons. The van der Waals surface area contributed by atoms with Crippen molar-refractivity contribution < 1.29 is 23.7 Å². The molecule has 174 valence electrons. The first kappa shape index (κ1) is 24.0. The van der Waals surface area contributed by atoms with Crippen LogP contribution in [0.5, 0.6) is 17.2 Å². The molecule has 0 N–H and O–H groups in total. The maximum Gasteiger partial charge on any atom is 0.350 e. The molecule has 1 fully saturated rings. The largest absolute Gasteiger partial charge is 0.493 e. The Kier molecular flexibility index (Phi) is 8.05. The number of hydrogen-bond donors (Lipinski definition) is 0. The molecular formula is C27H36O5. The summed E-state index contributed by atoms with van der Waals surface area (Å²) in [6.45, 7) is 8.17. The minimum atomic E-state index is -1.17. The van der Waals surface area contributed by atoms with Gasteiger partial charge in [0.1, 0.15) is 5.75 Å². The predicted octanol–water partition coefficient (Wildman–Crippen LogP) is 6.08. The molecule has 0 heterocycles. The lowest BCUT2D eigenvalue weighted by atomic mass is 9.95. The highest BCUT2D eigenvalue weighted by Crippen LogP contribution is 2.34. The van der Waals surface area contributed by atoms with Crippen molar-refractivity contribution in [2.24, 2.45) is 0 Å². The van der Waals surface area contributed by atoms with Crippen LogP contribution >= 0.6 is 0 Å². The fourth-order valence-electron chi connectivity index (χ4n) is 4.11. The summed E-state index contributed by atoms with van der Waals surface area (Å²) in [5.74, 6) is 2.09. The average molecular weight is 441 g/mol. The van der Waals surface area contributed by atoms with Crippen LogP contribution in [0.4, 0.5) is 0 Å². The number of carbonyl (C=O) groups is 1. The van der Waals surface area contributed by atoms with Gasteiger partial charge in [0, 0.05) is 6.42 Å². The van der Waals surface area contributed by atoms with Crippen LogP contribution in [-0.2, 0) is 16.0 Å². The minimum Gasteiger partial charge on any atom is -0.493 e. The molecule has 1 unspecified atom stereocenters. The molecule has 0 amide bonds. The van der Waals surface area contributed by atoms with Crippen LogP contribution in [0.3, 0.4) is 0 Å². The Morgan fingerprint density at radius 1 is 1.06 bits per heavy atom. The van der Waals surface area contributed by atoms with Gasteiger partial charge in [-0.05, 0) is 80.8 Å². The van der Waals surface area contributed by atoms with Crippen molar-refractivity contribution in [1.29, 1.82) is 0 Å². The standard InChI is InChI=1S/C27H36O5/c1-6-30-26(28)27(4,32-23-14-12-21(13-15-23)19(2)3)18-20-11-16-24(29-5)25(17-20)31-22-9-7-8-10-22/h11-17,19,22H,6-10,18H2,1-5H3. The van der Waals surface area contributed by atoms with Gasteiger partial charge in [-0.15, -0.1) is 0 Å². The van der Waals surface area contributed by atoms with E-state index in [9.17, 15) is 4.79 Å². The van der Waals surface area contributed by atoms with Crippen LogP contribution in [-0.4, -0.2) is 31.4 Å². The smallest absolute Gasteiger partial charge is 0.350 e. The second kappa shape index (κ2) is 10.8. The zero-order valence-corrected chi connectivity index (χ0v) is 20.0. The molecule has 3 rings (SSSR count). The fourth-order valence-corrected chi connectivity index (χ4v) is 4.11. The first-order valence-corrected chi connectivity index (χ1v) is 11.6. The zero-order chi connectivity index (χ0) is 23.1. The molecule has 0 aromatic heterocycles. The fraction of sp³-hybridized carbons (Fsp3) is 0.519. The van der Waals surface area contributed by atoms with Gasteiger partial charge in [0.2, 0.25) is 5.60 Å². The maximum atomic E-state index is 12.9. The van der Waals surface area contributed by atoms with E-state index >= 15 is 0 Å². The molecule has 1 saturated carbocycles. The van der Waals surface area contributed by atoms with E-state index in [0.29, 0.717) is 36.2 Å². The van der Waals surface area contributed by atoms with Gasteiger partial charge in [-0.1, -0.05) is 32.0 Å². The van der Waals surface area contributed by atoms with E-state index in [4.69, 9.17) is 18.9 Å². The quantitative estimate of drug-likeness (QED) is 0.419. The normalized spacial score (nSPS) is 15.9. The molecule has 0 aliphatic heterocycles. The second-order valence-corrected chi connectivity index (χ2v) is 8.96. The summed E-state index contributed by atoms with van der Waals surface area (Å²) in [4.78, 5) is 12.9. The molecule has 5 heteroatoms. The lowest BCUT2D eigenvalue weighted by Gasteiger charge is -2.29. The highest BCUT2D eigenvalue weighted by Gasteiger charge is 2.38. The molecule has 1 aliphatic rings. The molecule has 32 heavy (non-hydrogen) atoms. The molecule has 0 bridgehead atoms. The van der Waals surface area contributed by atoms with Gasteiger partial charge >= 0.3 is 5.97 Å². The number of esters is 1. The van der Waals surface area contributed by atoms with Gasteiger partial charge in [0.15, 0.2) is 11.5 Å². The summed E-state index contributed by atoms with van der Waals surface area (Å²) < 4.78 is 23.4. The Hall–Kier alpha value is -2.69. The summed E-state index contributed by atoms with van der Waals surface area (Å²) >= 11 is 0. The van der Waals surface area contributed by atoms with Crippen LogP contribution in [0.25, 0.3) is 0 Å². The van der Waals surface area contributed by atoms with Gasteiger partial charge in [-0.3, -0.25) is 0 Å². The number of methoxy groups -OCH3 is 1. The number of ether oxygens (including phenoxy) is 4. The molecule has 2 aromatic carbocycles. The van der Waals surface area contributed by atoms with Gasteiger partial charge in [-0.2, -0.15) is 0 Å². The lowest BCUT2D eigenvalue weighted by Crippen LogP contribution is -2.45. The molecule has 0 spiro atoms. The topological polar surface area (TPSA) is 54.0 Å². The number of hydrogen-bond acceptors (Lipinski definition) is 5. The molecular weight excluding hydrogens is 404 g/mol. The predicted molar refractivity (Wildman–Crippen MR) is 126 cm³/mol. The summed E-state index contributed by atoms with van der Waals surface area (Å²) in [5.41, 5.74) is 0.974. The Bertz CT molecular complexity index is 883. The van der Waals surface area contributed by atoms with Crippen molar-refractivity contribution in [3.05, 3.63) is 53.6 Å². The van der Waals surface area contributed by atoms with Crippen LogP contribution in [0.1, 0.15) is 70.4 Å². The molecule has 1 aliphatic carbocycles. The molecule has 2 aromatic rings. The van der Waals surface area contributed by atoms with Crippen LogP contribution in [0.2, 0.25) is 0 Å². The second-order valence-electron chi connectivity index (χ2n) is 8.96. The first-order valence-electron chi connectivity index (χ1n) is 11.6. The van der Waals surface area contributed by atoms with Crippen molar-refractivity contribution >= 4 is 5.97 Å². The van der Waals surface area contributed by atoms with Gasteiger partial charge in [0.25, 0.3) is 0 Å². The Labute approximate surface area is 192 Å². The number of benzene rings is 2. The lowest BCUT2D eigenvalue weighted by molar-refractivity contribution is -0.160. The number of carbonyl (C=O) groups excluding carboxylic acids is 1. The summed E-state index contributed by atoms with van der Waals surface area (Å²) in [6.07, 6.45) is 5.07. The van der Waals surface area contributed by atoms with Crippen LogP contribution < -0.4 is 14.2 Å². The number of rotatable bonds is 10. The van der Waals surface area contributed by atoms with Gasteiger partial charge in [0.05, 0.1) is 19.8 Å². The van der Waals surface area contributed by atoms with Crippen molar-refractivity contribution in [1.82, 2.24) is 0 Å². The Morgan fingerprint density at radius 3 is 2.34 bits per heavy atom. The van der Waals surface area contributed by atoms with Crippen molar-refractivity contribution in [3.8, 4) is 17.2 Å². The van der Waals surface area contributed by atoms with E-state index in [2.05, 4.69) is 13.8 Å². The van der Waals surface area contributed by atoms with E-state index in [1.807, 2.05) is 42.5 Å². The van der Waals surface area contributed by atoms with Crippen molar-refractivity contribution in [3.63, 3.8) is 0 Å². The highest BCUT2D eigenvalue weighted by atomic mass is 16.6. The first-order chi connectivity index (χ1) is 15.3. The van der Waals surface area contributed by atoms with Gasteiger partial charge < -0.3 is 18.9 Å². The highest BCUT2D eigenvalue weighted by molar-refractivity contribution is 5.80. The monoisotopic (exact) mass is 440 g/mol. The van der Waals surface area contributed by atoms with Crippen molar-refractivity contribution in [2.75, 3.05) is 13.7 Å². The molecule has 0 saturated heterocycles. The molecule has 5 nitrogen and oxygen atoms in total.